The van der Waals surface area contributed by atoms with Crippen molar-refractivity contribution in [2.45, 2.75) is 44.1 Å². The Morgan fingerprint density at radius 3 is 2.69 bits per heavy atom. The van der Waals surface area contributed by atoms with E-state index in [9.17, 15) is 22.4 Å². The van der Waals surface area contributed by atoms with Gasteiger partial charge >= 0.3 is 6.18 Å². The topological polar surface area (TPSA) is 64.5 Å². The molecule has 0 radical (unpaired) electrons. The first-order chi connectivity index (χ1) is 16.8. The zero-order chi connectivity index (χ0) is 24.7. The SMILES string of the molecule is C[C@@H]1[C@H]2C[C@@H](Oc3ccc(C(F)(F)F)cn3)[C@H](C2)N1C(=O)c1cc2cccnc2cc1OCCF. The van der Waals surface area contributed by atoms with Crippen molar-refractivity contribution in [3.63, 3.8) is 0 Å². The second-order valence-electron chi connectivity index (χ2n) is 8.87. The van der Waals surface area contributed by atoms with Gasteiger partial charge in [0.2, 0.25) is 5.88 Å². The smallest absolute Gasteiger partial charge is 0.417 e. The lowest BCUT2D eigenvalue weighted by molar-refractivity contribution is -0.137. The Kier molecular flexibility index (Phi) is 5.98. The number of benzene rings is 1. The summed E-state index contributed by atoms with van der Waals surface area (Å²) >= 11 is 0. The average molecular weight is 489 g/mol. The summed E-state index contributed by atoms with van der Waals surface area (Å²) in [7, 11) is 0. The molecule has 2 fully saturated rings. The van der Waals surface area contributed by atoms with Crippen LogP contribution >= 0.6 is 0 Å². The third-order valence-corrected chi connectivity index (χ3v) is 6.83. The molecule has 10 heteroatoms. The summed E-state index contributed by atoms with van der Waals surface area (Å²) in [5, 5.41) is 0.752. The first kappa shape index (κ1) is 23.3. The number of likely N-dealkylation sites (tertiary alicyclic amines) is 1. The number of ether oxygens (including phenoxy) is 2. The number of rotatable bonds is 6. The maximum atomic E-state index is 13.8. The number of amides is 1. The Labute approximate surface area is 198 Å². The summed E-state index contributed by atoms with van der Waals surface area (Å²) in [5.74, 6) is 0.258. The summed E-state index contributed by atoms with van der Waals surface area (Å²) in [6.07, 6.45) is -1.12. The Bertz CT molecular complexity index is 1230. The van der Waals surface area contributed by atoms with E-state index in [0.29, 0.717) is 23.9 Å². The first-order valence-corrected chi connectivity index (χ1v) is 11.4. The van der Waals surface area contributed by atoms with E-state index in [1.165, 1.54) is 6.07 Å². The van der Waals surface area contributed by atoms with Gasteiger partial charge in [0.1, 0.15) is 25.1 Å². The molecule has 2 aliphatic rings. The van der Waals surface area contributed by atoms with Crippen LogP contribution in [0.15, 0.2) is 48.8 Å². The number of piperidine rings is 1. The highest BCUT2D eigenvalue weighted by molar-refractivity contribution is 6.01. The number of hydrogen-bond donors (Lipinski definition) is 0. The predicted molar refractivity (Wildman–Crippen MR) is 119 cm³/mol. The van der Waals surface area contributed by atoms with Crippen LogP contribution in [0, 0.1) is 5.92 Å². The summed E-state index contributed by atoms with van der Waals surface area (Å²) in [4.78, 5) is 23.6. The van der Waals surface area contributed by atoms with E-state index in [0.717, 1.165) is 17.6 Å². The molecule has 1 aromatic carbocycles. The molecule has 3 heterocycles. The maximum Gasteiger partial charge on any atom is 0.417 e. The van der Waals surface area contributed by atoms with Crippen LogP contribution in [0.1, 0.15) is 35.7 Å². The van der Waals surface area contributed by atoms with Crippen molar-refractivity contribution in [2.75, 3.05) is 13.3 Å². The fourth-order valence-corrected chi connectivity index (χ4v) is 5.14. The highest BCUT2D eigenvalue weighted by atomic mass is 19.4. The molecule has 1 aliphatic carbocycles. The fraction of sp³-hybridized carbons (Fsp3) is 0.400. The summed E-state index contributed by atoms with van der Waals surface area (Å²) in [6, 6.07) is 8.72. The molecular formula is C25H23F4N3O3. The normalized spacial score (nSPS) is 23.6. The molecule has 1 aliphatic heterocycles. The lowest BCUT2D eigenvalue weighted by atomic mass is 9.98. The Hall–Kier alpha value is -3.43. The average Bonchev–Trinajstić information content (AvgIpc) is 3.39. The standard InChI is InChI=1S/C25H23F4N3O3/c1-14-16-10-20(22(11-16)35-23-5-4-17(13-31-23)25(27,28)29)32(14)24(33)18-9-15-3-2-7-30-19(15)12-21(18)34-8-6-26/h2-5,7,9,12-14,16,20,22H,6,8,10-11H2,1H3/t14-,16-,20+,22-/m1/s1. The van der Waals surface area contributed by atoms with E-state index >= 15 is 0 Å². The van der Waals surface area contributed by atoms with Crippen molar-refractivity contribution in [3.8, 4) is 11.6 Å². The minimum Gasteiger partial charge on any atom is -0.490 e. The van der Waals surface area contributed by atoms with Gasteiger partial charge in [-0.05, 0) is 43.9 Å². The molecule has 1 amide bonds. The van der Waals surface area contributed by atoms with Crippen LogP contribution in [0.25, 0.3) is 10.9 Å². The van der Waals surface area contributed by atoms with Gasteiger partial charge in [0.05, 0.1) is 22.7 Å². The Morgan fingerprint density at radius 2 is 2.00 bits per heavy atom. The van der Waals surface area contributed by atoms with Crippen molar-refractivity contribution in [2.24, 2.45) is 5.92 Å². The lowest BCUT2D eigenvalue weighted by Crippen LogP contribution is -2.51. The Morgan fingerprint density at radius 1 is 1.17 bits per heavy atom. The first-order valence-electron chi connectivity index (χ1n) is 11.4. The van der Waals surface area contributed by atoms with E-state index in [-0.39, 0.29) is 42.1 Å². The van der Waals surface area contributed by atoms with Gasteiger partial charge in [0.25, 0.3) is 5.91 Å². The van der Waals surface area contributed by atoms with Gasteiger partial charge < -0.3 is 14.4 Å². The summed E-state index contributed by atoms with van der Waals surface area (Å²) in [6.45, 7) is 1.08. The van der Waals surface area contributed by atoms with Crippen LogP contribution < -0.4 is 9.47 Å². The summed E-state index contributed by atoms with van der Waals surface area (Å²) < 4.78 is 62.9. The van der Waals surface area contributed by atoms with E-state index in [4.69, 9.17) is 9.47 Å². The molecule has 4 atom stereocenters. The van der Waals surface area contributed by atoms with Crippen molar-refractivity contribution in [1.29, 1.82) is 0 Å². The zero-order valence-electron chi connectivity index (χ0n) is 18.8. The monoisotopic (exact) mass is 489 g/mol. The predicted octanol–water partition coefficient (Wildman–Crippen LogP) is 5.07. The van der Waals surface area contributed by atoms with Crippen LogP contribution in [0.4, 0.5) is 17.6 Å². The van der Waals surface area contributed by atoms with E-state index in [2.05, 4.69) is 9.97 Å². The lowest BCUT2D eigenvalue weighted by Gasteiger charge is -2.38. The van der Waals surface area contributed by atoms with Gasteiger partial charge in [-0.1, -0.05) is 6.07 Å². The Balaban J connectivity index is 1.41. The van der Waals surface area contributed by atoms with Crippen LogP contribution in [0.5, 0.6) is 11.6 Å². The molecule has 1 saturated heterocycles. The third kappa shape index (κ3) is 4.37. The quantitative estimate of drug-likeness (QED) is 0.453. The largest absolute Gasteiger partial charge is 0.490 e. The van der Waals surface area contributed by atoms with Gasteiger partial charge in [0, 0.05) is 36.0 Å². The molecule has 0 unspecified atom stereocenters. The number of fused-ring (bicyclic) bond motifs is 3. The van der Waals surface area contributed by atoms with Gasteiger partial charge in [-0.2, -0.15) is 13.2 Å². The van der Waals surface area contributed by atoms with E-state index in [1.54, 1.807) is 29.3 Å². The number of carbonyl (C=O) groups excluding carboxylic acids is 1. The van der Waals surface area contributed by atoms with Gasteiger partial charge in [0.15, 0.2) is 0 Å². The number of alkyl halides is 4. The number of aromatic nitrogens is 2. The van der Waals surface area contributed by atoms with Crippen molar-refractivity contribution in [1.82, 2.24) is 14.9 Å². The molecule has 0 spiro atoms. The van der Waals surface area contributed by atoms with E-state index in [1.807, 2.05) is 13.0 Å². The molecule has 35 heavy (non-hydrogen) atoms. The van der Waals surface area contributed by atoms with Crippen LogP contribution in [-0.4, -0.2) is 52.2 Å². The minimum atomic E-state index is -4.48. The van der Waals surface area contributed by atoms with Crippen molar-refractivity contribution >= 4 is 16.8 Å². The number of carbonyl (C=O) groups is 1. The maximum absolute atomic E-state index is 13.8. The summed E-state index contributed by atoms with van der Waals surface area (Å²) in [5.41, 5.74) is 0.0862. The zero-order valence-corrected chi connectivity index (χ0v) is 18.8. The molecule has 0 N–H and O–H groups in total. The van der Waals surface area contributed by atoms with Crippen LogP contribution in [-0.2, 0) is 6.18 Å². The van der Waals surface area contributed by atoms with E-state index < -0.39 is 24.5 Å². The molecule has 1 saturated carbocycles. The van der Waals surface area contributed by atoms with Crippen LogP contribution in [0.3, 0.4) is 0 Å². The second kappa shape index (κ2) is 8.98. The molecule has 2 bridgehead atoms. The molecule has 5 rings (SSSR count). The molecule has 6 nitrogen and oxygen atoms in total. The van der Waals surface area contributed by atoms with Gasteiger partial charge in [-0.25, -0.2) is 9.37 Å². The van der Waals surface area contributed by atoms with Gasteiger partial charge in [-0.15, -0.1) is 0 Å². The van der Waals surface area contributed by atoms with Crippen molar-refractivity contribution in [3.05, 3.63) is 59.9 Å². The molecular weight excluding hydrogens is 466 g/mol. The van der Waals surface area contributed by atoms with Gasteiger partial charge in [-0.3, -0.25) is 9.78 Å². The number of halogens is 4. The number of hydrogen-bond acceptors (Lipinski definition) is 5. The highest BCUT2D eigenvalue weighted by Gasteiger charge is 2.53. The third-order valence-electron chi connectivity index (χ3n) is 6.83. The van der Waals surface area contributed by atoms with Crippen molar-refractivity contribution < 1.29 is 31.8 Å². The fourth-order valence-electron chi connectivity index (χ4n) is 5.14. The second-order valence-corrected chi connectivity index (χ2v) is 8.87. The number of nitrogens with zero attached hydrogens (tertiary/aromatic N) is 3. The number of pyridine rings is 2. The molecule has 3 aromatic rings. The minimum absolute atomic E-state index is 0.0634. The molecule has 2 aromatic heterocycles. The highest BCUT2D eigenvalue weighted by Crippen LogP contribution is 2.45. The van der Waals surface area contributed by atoms with Crippen LogP contribution in [0.2, 0.25) is 0 Å². The molecule has 184 valence electrons.